The van der Waals surface area contributed by atoms with Crippen LogP contribution in [0.1, 0.15) is 43.7 Å². The minimum Gasteiger partial charge on any atom is -0.495 e. The van der Waals surface area contributed by atoms with Crippen molar-refractivity contribution in [2.45, 2.75) is 38.0 Å². The molecule has 2 fully saturated rings. The Morgan fingerprint density at radius 3 is 2.77 bits per heavy atom. The Bertz CT molecular complexity index is 1000. The lowest BCUT2D eigenvalue weighted by Crippen LogP contribution is -2.41. The molecule has 2 aliphatic rings. The van der Waals surface area contributed by atoms with Crippen LogP contribution < -0.4 is 10.5 Å². The van der Waals surface area contributed by atoms with Gasteiger partial charge in [0.15, 0.2) is 11.5 Å². The number of nitrogens with two attached hydrogens (primary N) is 1. The highest BCUT2D eigenvalue weighted by molar-refractivity contribution is 5.61. The second kappa shape index (κ2) is 5.36. The third-order valence-electron chi connectivity index (χ3n) is 5.87. The van der Waals surface area contributed by atoms with Crippen molar-refractivity contribution in [3.8, 4) is 17.1 Å². The van der Waals surface area contributed by atoms with E-state index in [0.29, 0.717) is 22.7 Å². The van der Waals surface area contributed by atoms with Crippen LogP contribution in [0, 0.1) is 11.2 Å². The molecule has 0 radical (unpaired) electrons. The van der Waals surface area contributed by atoms with Crippen molar-refractivity contribution in [3.63, 3.8) is 0 Å². The zero-order valence-corrected chi connectivity index (χ0v) is 14.4. The van der Waals surface area contributed by atoms with Crippen LogP contribution in [-0.4, -0.2) is 31.7 Å². The second-order valence-corrected chi connectivity index (χ2v) is 7.39. The molecule has 2 aliphatic carbocycles. The van der Waals surface area contributed by atoms with Gasteiger partial charge in [0, 0.05) is 12.0 Å². The summed E-state index contributed by atoms with van der Waals surface area (Å²) in [6, 6.07) is 1.85. The third kappa shape index (κ3) is 2.17. The van der Waals surface area contributed by atoms with Gasteiger partial charge in [0.1, 0.15) is 22.8 Å². The van der Waals surface area contributed by atoms with E-state index in [-0.39, 0.29) is 11.6 Å². The van der Waals surface area contributed by atoms with Crippen LogP contribution in [0.5, 0.6) is 5.75 Å². The molecule has 134 valence electrons. The monoisotopic (exact) mass is 354 g/mol. The van der Waals surface area contributed by atoms with Gasteiger partial charge in [0.2, 0.25) is 5.95 Å². The Kier molecular flexibility index (Phi) is 3.19. The molecule has 0 unspecified atom stereocenters. The molecular formula is C18H19FN6O. The molecule has 0 bridgehead atoms. The quantitative estimate of drug-likeness (QED) is 0.777. The van der Waals surface area contributed by atoms with E-state index < -0.39 is 5.82 Å². The van der Waals surface area contributed by atoms with E-state index >= 15 is 0 Å². The molecule has 1 spiro atoms. The van der Waals surface area contributed by atoms with E-state index in [1.165, 1.54) is 19.3 Å². The first kappa shape index (κ1) is 15.5. The number of fused-ring (bicyclic) bond motifs is 1. The molecule has 3 heterocycles. The molecule has 0 amide bonds. The van der Waals surface area contributed by atoms with E-state index in [0.717, 1.165) is 30.5 Å². The van der Waals surface area contributed by atoms with Crippen LogP contribution in [-0.2, 0) is 0 Å². The van der Waals surface area contributed by atoms with Crippen LogP contribution in [0.15, 0.2) is 18.5 Å². The molecule has 8 heteroatoms. The number of ether oxygens (including phenoxy) is 1. The lowest BCUT2D eigenvalue weighted by molar-refractivity contribution is 0.00648. The second-order valence-electron chi connectivity index (χ2n) is 7.39. The summed E-state index contributed by atoms with van der Waals surface area (Å²) in [6.45, 7) is 0. The number of nitrogen functional groups attached to an aromatic ring is 1. The Morgan fingerprint density at radius 2 is 2.08 bits per heavy atom. The normalized spacial score (nSPS) is 18.7. The highest BCUT2D eigenvalue weighted by atomic mass is 19.1. The summed E-state index contributed by atoms with van der Waals surface area (Å²) < 4.78 is 21.4. The average molecular weight is 354 g/mol. The van der Waals surface area contributed by atoms with E-state index in [1.807, 2.05) is 6.07 Å². The molecule has 0 aromatic carbocycles. The van der Waals surface area contributed by atoms with Crippen molar-refractivity contribution in [1.29, 1.82) is 0 Å². The number of imidazole rings is 1. The van der Waals surface area contributed by atoms with Gasteiger partial charge < -0.3 is 10.5 Å². The fraction of sp³-hybridized carbons (Fsp3) is 0.444. The van der Waals surface area contributed by atoms with Crippen LogP contribution in [0.4, 0.5) is 10.3 Å². The molecular weight excluding hydrogens is 335 g/mol. The van der Waals surface area contributed by atoms with Gasteiger partial charge in [-0.2, -0.15) is 5.10 Å². The smallest absolute Gasteiger partial charge is 0.220 e. The lowest BCUT2D eigenvalue weighted by Gasteiger charge is -2.54. The number of hydrogen-bond donors (Lipinski definition) is 1. The van der Waals surface area contributed by atoms with Crippen LogP contribution >= 0.6 is 0 Å². The van der Waals surface area contributed by atoms with Gasteiger partial charge >= 0.3 is 0 Å². The zero-order chi connectivity index (χ0) is 17.9. The first-order valence-electron chi connectivity index (χ1n) is 8.80. The molecule has 26 heavy (non-hydrogen) atoms. The largest absolute Gasteiger partial charge is 0.495 e. The topological polar surface area (TPSA) is 91.2 Å². The maximum Gasteiger partial charge on any atom is 0.220 e. The number of anilines is 1. The molecule has 2 saturated carbocycles. The van der Waals surface area contributed by atoms with Crippen LogP contribution in [0.3, 0.4) is 0 Å². The summed E-state index contributed by atoms with van der Waals surface area (Å²) in [5.74, 6) is 0.551. The zero-order valence-electron chi connectivity index (χ0n) is 14.4. The summed E-state index contributed by atoms with van der Waals surface area (Å²) in [7, 11) is 1.64. The summed E-state index contributed by atoms with van der Waals surface area (Å²) >= 11 is 0. The SMILES string of the molecule is COc1cc2ncc(-c3nc(N)ncc3F)n2nc1C1CC2(CCC2)C1. The van der Waals surface area contributed by atoms with E-state index in [2.05, 4.69) is 15.0 Å². The summed E-state index contributed by atoms with van der Waals surface area (Å²) in [4.78, 5) is 12.0. The fourth-order valence-electron chi connectivity index (χ4n) is 4.34. The Morgan fingerprint density at radius 1 is 1.27 bits per heavy atom. The van der Waals surface area contributed by atoms with Gasteiger partial charge in [-0.05, 0) is 31.1 Å². The van der Waals surface area contributed by atoms with Gasteiger partial charge in [0.05, 0.1) is 19.5 Å². The van der Waals surface area contributed by atoms with Gasteiger partial charge in [-0.1, -0.05) is 6.42 Å². The molecule has 0 atom stereocenters. The van der Waals surface area contributed by atoms with E-state index in [9.17, 15) is 4.39 Å². The summed E-state index contributed by atoms with van der Waals surface area (Å²) in [6.07, 6.45) is 8.85. The summed E-state index contributed by atoms with van der Waals surface area (Å²) in [5.41, 5.74) is 8.18. The minimum absolute atomic E-state index is 0.0102. The number of aromatic nitrogens is 5. The molecule has 3 aromatic rings. The average Bonchev–Trinajstić information content (AvgIpc) is 2.96. The van der Waals surface area contributed by atoms with Crippen molar-refractivity contribution in [3.05, 3.63) is 30.0 Å². The lowest BCUT2D eigenvalue weighted by atomic mass is 9.51. The van der Waals surface area contributed by atoms with E-state index in [1.54, 1.807) is 17.8 Å². The number of hydrogen-bond acceptors (Lipinski definition) is 6. The predicted octanol–water partition coefficient (Wildman–Crippen LogP) is 2.96. The maximum absolute atomic E-state index is 14.2. The highest BCUT2D eigenvalue weighted by Crippen LogP contribution is 2.62. The van der Waals surface area contributed by atoms with Crippen molar-refractivity contribution < 1.29 is 9.13 Å². The maximum atomic E-state index is 14.2. The van der Waals surface area contributed by atoms with Crippen molar-refractivity contribution in [1.82, 2.24) is 24.6 Å². The molecule has 0 aliphatic heterocycles. The Labute approximate surface area is 149 Å². The summed E-state index contributed by atoms with van der Waals surface area (Å²) in [5, 5.41) is 4.76. The Hall–Kier alpha value is -2.77. The molecule has 5 rings (SSSR count). The number of rotatable bonds is 3. The molecule has 2 N–H and O–H groups in total. The van der Waals surface area contributed by atoms with Crippen molar-refractivity contribution >= 4 is 11.6 Å². The first-order chi connectivity index (χ1) is 12.6. The standard InChI is InChI=1S/C18H19FN6O/c1-26-13-5-14-21-9-12(16-11(19)8-22-17(20)23-16)25(14)24-15(13)10-6-18(7-10)3-2-4-18/h5,8-10H,2-4,6-7H2,1H3,(H2,20,22,23). The van der Waals surface area contributed by atoms with Crippen molar-refractivity contribution in [2.75, 3.05) is 12.8 Å². The van der Waals surface area contributed by atoms with Gasteiger partial charge in [0.25, 0.3) is 0 Å². The highest BCUT2D eigenvalue weighted by Gasteiger charge is 2.49. The number of nitrogens with zero attached hydrogens (tertiary/aromatic N) is 5. The number of halogens is 1. The van der Waals surface area contributed by atoms with Crippen LogP contribution in [0.2, 0.25) is 0 Å². The van der Waals surface area contributed by atoms with Gasteiger partial charge in [-0.15, -0.1) is 0 Å². The van der Waals surface area contributed by atoms with Crippen molar-refractivity contribution in [2.24, 2.45) is 5.41 Å². The van der Waals surface area contributed by atoms with Gasteiger partial charge in [-0.3, -0.25) is 0 Å². The van der Waals surface area contributed by atoms with Gasteiger partial charge in [-0.25, -0.2) is 23.9 Å². The predicted molar refractivity (Wildman–Crippen MR) is 93.2 cm³/mol. The first-order valence-corrected chi connectivity index (χ1v) is 8.80. The van der Waals surface area contributed by atoms with Crippen LogP contribution in [0.25, 0.3) is 17.0 Å². The molecule has 3 aromatic heterocycles. The third-order valence-corrected chi connectivity index (χ3v) is 5.87. The van der Waals surface area contributed by atoms with E-state index in [4.69, 9.17) is 15.6 Å². The fourth-order valence-corrected chi connectivity index (χ4v) is 4.34. The Balaban J connectivity index is 1.61. The minimum atomic E-state index is -0.558. The molecule has 0 saturated heterocycles. The molecule has 7 nitrogen and oxygen atoms in total. The number of methoxy groups -OCH3 is 1.